The fourth-order valence-corrected chi connectivity index (χ4v) is 2.86. The highest BCUT2D eigenvalue weighted by Crippen LogP contribution is 2.23. The summed E-state index contributed by atoms with van der Waals surface area (Å²) < 4.78 is 1.67. The summed E-state index contributed by atoms with van der Waals surface area (Å²) in [5.41, 5.74) is 1.45. The lowest BCUT2D eigenvalue weighted by Crippen LogP contribution is -2.43. The molecule has 2 amide bonds. The molecule has 1 aliphatic heterocycles. The van der Waals surface area contributed by atoms with Gasteiger partial charge < -0.3 is 10.2 Å². The number of amides is 2. The summed E-state index contributed by atoms with van der Waals surface area (Å²) >= 11 is 0. The second kappa shape index (κ2) is 6.72. The summed E-state index contributed by atoms with van der Waals surface area (Å²) in [6.45, 7) is 10.1. The maximum atomic E-state index is 12.7. The molecule has 6 nitrogen and oxygen atoms in total. The number of nitrogens with one attached hydrogen (secondary N) is 1. The summed E-state index contributed by atoms with van der Waals surface area (Å²) in [5, 5.41) is 7.33. The van der Waals surface area contributed by atoms with E-state index in [1.807, 2.05) is 24.9 Å². The van der Waals surface area contributed by atoms with E-state index in [4.69, 9.17) is 0 Å². The molecule has 2 heterocycles. The molecule has 1 fully saturated rings. The average molecular weight is 320 g/mol. The van der Waals surface area contributed by atoms with Gasteiger partial charge in [0.1, 0.15) is 5.69 Å². The highest BCUT2D eigenvalue weighted by Gasteiger charge is 2.29. The Morgan fingerprint density at radius 2 is 1.91 bits per heavy atom. The minimum atomic E-state index is -0.0818. The summed E-state index contributed by atoms with van der Waals surface area (Å²) in [5.74, 6) is 0.135. The molecule has 0 aliphatic carbocycles. The summed E-state index contributed by atoms with van der Waals surface area (Å²) in [7, 11) is 1.81. The van der Waals surface area contributed by atoms with E-state index in [1.165, 1.54) is 0 Å². The van der Waals surface area contributed by atoms with Crippen LogP contribution in [0, 0.1) is 5.92 Å². The average Bonchev–Trinajstić information content (AvgIpc) is 2.89. The third-order valence-electron chi connectivity index (χ3n) is 4.37. The predicted molar refractivity (Wildman–Crippen MR) is 89.2 cm³/mol. The number of carbonyl (C=O) groups excluding carboxylic acids is 2. The first-order valence-electron chi connectivity index (χ1n) is 8.35. The molecule has 1 N–H and O–H groups in total. The Kier molecular flexibility index (Phi) is 5.12. The fourth-order valence-electron chi connectivity index (χ4n) is 2.86. The summed E-state index contributed by atoms with van der Waals surface area (Å²) in [4.78, 5) is 26.4. The van der Waals surface area contributed by atoms with E-state index >= 15 is 0 Å². The van der Waals surface area contributed by atoms with Crippen LogP contribution < -0.4 is 5.32 Å². The van der Waals surface area contributed by atoms with Crippen LogP contribution in [-0.4, -0.2) is 46.1 Å². The monoisotopic (exact) mass is 320 g/mol. The van der Waals surface area contributed by atoms with Crippen LogP contribution in [0.1, 0.15) is 56.7 Å². The summed E-state index contributed by atoms with van der Waals surface area (Å²) in [6.07, 6.45) is 1.45. The lowest BCUT2D eigenvalue weighted by molar-refractivity contribution is -0.126. The van der Waals surface area contributed by atoms with Crippen LogP contribution in [0.2, 0.25) is 0 Å². The number of piperidine rings is 1. The molecule has 1 saturated heterocycles. The van der Waals surface area contributed by atoms with Crippen molar-refractivity contribution in [3.05, 3.63) is 17.5 Å². The number of carbonyl (C=O) groups is 2. The number of aryl methyl sites for hydroxylation is 1. The normalized spacial score (nSPS) is 16.5. The van der Waals surface area contributed by atoms with E-state index < -0.39 is 0 Å². The first-order chi connectivity index (χ1) is 10.7. The van der Waals surface area contributed by atoms with Gasteiger partial charge in [0.15, 0.2) is 0 Å². The van der Waals surface area contributed by atoms with Crippen LogP contribution in [0.25, 0.3) is 0 Å². The van der Waals surface area contributed by atoms with Crippen LogP contribution >= 0.6 is 0 Å². The van der Waals surface area contributed by atoms with Crippen molar-refractivity contribution in [3.8, 4) is 0 Å². The molecule has 23 heavy (non-hydrogen) atoms. The zero-order valence-electron chi connectivity index (χ0n) is 14.8. The standard InChI is InChI=1S/C17H28N4O2/c1-6-18-15(22)12-7-9-21(10-8-12)16(23)13-11-14(17(2,3)4)19-20(13)5/h11-12H,6-10H2,1-5H3,(H,18,22). The molecule has 0 saturated carbocycles. The number of hydrogen-bond donors (Lipinski definition) is 1. The Bertz CT molecular complexity index is 578. The van der Waals surface area contributed by atoms with E-state index in [-0.39, 0.29) is 23.1 Å². The zero-order chi connectivity index (χ0) is 17.2. The highest BCUT2D eigenvalue weighted by molar-refractivity contribution is 5.93. The van der Waals surface area contributed by atoms with Gasteiger partial charge in [-0.05, 0) is 25.8 Å². The van der Waals surface area contributed by atoms with Gasteiger partial charge in [-0.15, -0.1) is 0 Å². The SMILES string of the molecule is CCNC(=O)C1CCN(C(=O)c2cc(C(C)(C)C)nn2C)CC1. The third-order valence-corrected chi connectivity index (χ3v) is 4.37. The first kappa shape index (κ1) is 17.5. The Morgan fingerprint density at radius 3 is 2.39 bits per heavy atom. The molecule has 0 radical (unpaired) electrons. The maximum Gasteiger partial charge on any atom is 0.272 e. The van der Waals surface area contributed by atoms with E-state index in [0.717, 1.165) is 18.5 Å². The molecule has 1 aromatic rings. The van der Waals surface area contributed by atoms with E-state index in [2.05, 4.69) is 31.2 Å². The van der Waals surface area contributed by atoms with Crippen LogP contribution in [0.4, 0.5) is 0 Å². The number of aromatic nitrogens is 2. The minimum absolute atomic E-state index is 0.00449. The van der Waals surface area contributed by atoms with Crippen molar-refractivity contribution < 1.29 is 9.59 Å². The van der Waals surface area contributed by atoms with Gasteiger partial charge in [0, 0.05) is 38.0 Å². The van der Waals surface area contributed by atoms with Crippen molar-refractivity contribution in [2.75, 3.05) is 19.6 Å². The third kappa shape index (κ3) is 3.92. The van der Waals surface area contributed by atoms with Crippen LogP contribution in [0.5, 0.6) is 0 Å². The second-order valence-corrected chi connectivity index (χ2v) is 7.25. The molecule has 128 valence electrons. The number of rotatable bonds is 3. The van der Waals surface area contributed by atoms with Gasteiger partial charge in [0.05, 0.1) is 5.69 Å². The first-order valence-corrected chi connectivity index (χ1v) is 8.35. The minimum Gasteiger partial charge on any atom is -0.356 e. The van der Waals surface area contributed by atoms with Gasteiger partial charge in [0.25, 0.3) is 5.91 Å². The van der Waals surface area contributed by atoms with Crippen molar-refractivity contribution >= 4 is 11.8 Å². The lowest BCUT2D eigenvalue weighted by Gasteiger charge is -2.31. The predicted octanol–water partition coefficient (Wildman–Crippen LogP) is 1.71. The van der Waals surface area contributed by atoms with Crippen molar-refractivity contribution in [2.24, 2.45) is 13.0 Å². The Balaban J connectivity index is 2.03. The quantitative estimate of drug-likeness (QED) is 0.922. The number of likely N-dealkylation sites (tertiary alicyclic amines) is 1. The van der Waals surface area contributed by atoms with E-state index in [1.54, 1.807) is 4.68 Å². The molecule has 0 bridgehead atoms. The van der Waals surface area contributed by atoms with Gasteiger partial charge in [-0.3, -0.25) is 14.3 Å². The molecule has 0 unspecified atom stereocenters. The van der Waals surface area contributed by atoms with Crippen LogP contribution in [0.3, 0.4) is 0 Å². The largest absolute Gasteiger partial charge is 0.356 e. The second-order valence-electron chi connectivity index (χ2n) is 7.25. The fraction of sp³-hybridized carbons (Fsp3) is 0.706. The molecule has 1 aliphatic rings. The number of hydrogen-bond acceptors (Lipinski definition) is 3. The van der Waals surface area contributed by atoms with Gasteiger partial charge >= 0.3 is 0 Å². The molecule has 1 aromatic heterocycles. The van der Waals surface area contributed by atoms with Crippen molar-refractivity contribution in [1.29, 1.82) is 0 Å². The van der Waals surface area contributed by atoms with Crippen LogP contribution in [-0.2, 0) is 17.3 Å². The van der Waals surface area contributed by atoms with E-state index in [0.29, 0.717) is 25.3 Å². The highest BCUT2D eigenvalue weighted by atomic mass is 16.2. The molecular weight excluding hydrogens is 292 g/mol. The molecule has 0 spiro atoms. The Hall–Kier alpha value is -1.85. The number of nitrogens with zero attached hydrogens (tertiary/aromatic N) is 3. The van der Waals surface area contributed by atoms with Crippen molar-refractivity contribution in [3.63, 3.8) is 0 Å². The summed E-state index contributed by atoms with van der Waals surface area (Å²) in [6, 6.07) is 1.89. The van der Waals surface area contributed by atoms with Gasteiger partial charge in [-0.1, -0.05) is 20.8 Å². The van der Waals surface area contributed by atoms with E-state index in [9.17, 15) is 9.59 Å². The zero-order valence-corrected chi connectivity index (χ0v) is 14.8. The van der Waals surface area contributed by atoms with Crippen molar-refractivity contribution in [2.45, 2.75) is 46.0 Å². The van der Waals surface area contributed by atoms with Gasteiger partial charge in [-0.2, -0.15) is 5.10 Å². The van der Waals surface area contributed by atoms with Crippen LogP contribution in [0.15, 0.2) is 6.07 Å². The molecular formula is C17H28N4O2. The Labute approximate surface area is 138 Å². The molecule has 6 heteroatoms. The smallest absolute Gasteiger partial charge is 0.272 e. The maximum absolute atomic E-state index is 12.7. The molecule has 0 aromatic carbocycles. The molecule has 0 atom stereocenters. The Morgan fingerprint density at radius 1 is 1.30 bits per heavy atom. The molecule has 2 rings (SSSR count). The van der Waals surface area contributed by atoms with Gasteiger partial charge in [-0.25, -0.2) is 0 Å². The van der Waals surface area contributed by atoms with Crippen molar-refractivity contribution in [1.82, 2.24) is 20.0 Å². The lowest BCUT2D eigenvalue weighted by atomic mass is 9.92. The van der Waals surface area contributed by atoms with Gasteiger partial charge in [0.2, 0.25) is 5.91 Å². The topological polar surface area (TPSA) is 67.2 Å².